The van der Waals surface area contributed by atoms with Gasteiger partial charge in [-0.15, -0.1) is 0 Å². The highest BCUT2D eigenvalue weighted by Crippen LogP contribution is 2.27. The molecule has 22 heavy (non-hydrogen) atoms. The van der Waals surface area contributed by atoms with Crippen molar-refractivity contribution in [1.29, 1.82) is 0 Å². The second kappa shape index (κ2) is 5.05. The number of hydrogen-bond donors (Lipinski definition) is 2. The van der Waals surface area contributed by atoms with E-state index in [2.05, 4.69) is 20.4 Å². The molecule has 2 aromatic carbocycles. The molecule has 0 amide bonds. The quantitative estimate of drug-likeness (QED) is 0.538. The second-order valence-corrected chi connectivity index (χ2v) is 5.96. The summed E-state index contributed by atoms with van der Waals surface area (Å²) >= 11 is 17.9. The number of benzene rings is 2. The molecule has 4 rings (SSSR count). The van der Waals surface area contributed by atoms with Crippen molar-refractivity contribution >= 4 is 63.2 Å². The molecule has 0 fully saturated rings. The lowest BCUT2D eigenvalue weighted by atomic mass is 10.3. The highest BCUT2D eigenvalue weighted by Gasteiger charge is 2.10. The van der Waals surface area contributed by atoms with E-state index >= 15 is 0 Å². The predicted octanol–water partition coefficient (Wildman–Crippen LogP) is 4.91. The topological polar surface area (TPSA) is 58.0 Å². The Kier molecular flexibility index (Phi) is 3.14. The van der Waals surface area contributed by atoms with Crippen LogP contribution in [0.25, 0.3) is 16.8 Å². The van der Waals surface area contributed by atoms with Gasteiger partial charge in [0.2, 0.25) is 5.95 Å². The minimum Gasteiger partial charge on any atom is -0.324 e. The first-order valence-corrected chi connectivity index (χ1v) is 7.49. The largest absolute Gasteiger partial charge is 0.324 e. The molecular weight excluding hydrogens is 345 g/mol. The van der Waals surface area contributed by atoms with Gasteiger partial charge in [0, 0.05) is 10.7 Å². The number of rotatable bonds is 2. The number of aromatic nitrogens is 4. The summed E-state index contributed by atoms with van der Waals surface area (Å²) in [5.41, 5.74) is 2.46. The van der Waals surface area contributed by atoms with Gasteiger partial charge in [-0.25, -0.2) is 9.50 Å². The molecule has 2 aromatic heterocycles. The Morgan fingerprint density at radius 1 is 0.955 bits per heavy atom. The number of fused-ring (bicyclic) bond motifs is 3. The monoisotopic (exact) mass is 351 g/mol. The molecule has 0 saturated carbocycles. The van der Waals surface area contributed by atoms with Gasteiger partial charge in [0.05, 0.1) is 21.1 Å². The van der Waals surface area contributed by atoms with E-state index in [9.17, 15) is 0 Å². The summed E-state index contributed by atoms with van der Waals surface area (Å²) in [6.45, 7) is 0. The van der Waals surface area contributed by atoms with Crippen molar-refractivity contribution in [3.05, 3.63) is 51.5 Å². The van der Waals surface area contributed by atoms with Crippen LogP contribution >= 0.6 is 34.8 Å². The Labute approximate surface area is 139 Å². The van der Waals surface area contributed by atoms with E-state index in [4.69, 9.17) is 34.8 Å². The van der Waals surface area contributed by atoms with Crippen LogP contribution in [0.3, 0.4) is 0 Å². The van der Waals surface area contributed by atoms with Crippen LogP contribution in [0.4, 0.5) is 11.6 Å². The Bertz CT molecular complexity index is 1000. The van der Waals surface area contributed by atoms with Gasteiger partial charge >= 0.3 is 0 Å². The fourth-order valence-electron chi connectivity index (χ4n) is 2.22. The molecule has 0 unspecified atom stereocenters. The first kappa shape index (κ1) is 13.7. The van der Waals surface area contributed by atoms with E-state index in [1.807, 2.05) is 18.2 Å². The fourth-order valence-corrected chi connectivity index (χ4v) is 2.69. The molecule has 0 spiro atoms. The zero-order valence-corrected chi connectivity index (χ0v) is 13.2. The molecule has 4 aromatic rings. The van der Waals surface area contributed by atoms with Crippen LogP contribution in [0.5, 0.6) is 0 Å². The molecule has 2 heterocycles. The van der Waals surface area contributed by atoms with Gasteiger partial charge in [0.1, 0.15) is 0 Å². The predicted molar refractivity (Wildman–Crippen MR) is 89.6 cm³/mol. The fraction of sp³-hybridized carbons (Fsp3) is 0. The number of hydrogen-bond acceptors (Lipinski definition) is 3. The number of imidazole rings is 1. The molecule has 0 aliphatic heterocycles. The van der Waals surface area contributed by atoms with Gasteiger partial charge in [0.15, 0.2) is 0 Å². The highest BCUT2D eigenvalue weighted by molar-refractivity contribution is 6.42. The number of anilines is 2. The van der Waals surface area contributed by atoms with Crippen LogP contribution in [-0.4, -0.2) is 19.6 Å². The van der Waals surface area contributed by atoms with Gasteiger partial charge in [0.25, 0.3) is 5.78 Å². The van der Waals surface area contributed by atoms with Crippen LogP contribution in [0.2, 0.25) is 15.1 Å². The van der Waals surface area contributed by atoms with E-state index in [-0.39, 0.29) is 0 Å². The van der Waals surface area contributed by atoms with Crippen molar-refractivity contribution in [2.45, 2.75) is 0 Å². The molecule has 0 aliphatic rings. The summed E-state index contributed by atoms with van der Waals surface area (Å²) < 4.78 is 1.78. The number of H-pyrrole nitrogens is 1. The number of halogens is 3. The molecular formula is C14H8Cl3N5. The van der Waals surface area contributed by atoms with Crippen molar-refractivity contribution in [2.24, 2.45) is 0 Å². The minimum atomic E-state index is 0.475. The van der Waals surface area contributed by atoms with Gasteiger partial charge in [-0.3, -0.25) is 5.10 Å². The summed E-state index contributed by atoms with van der Waals surface area (Å²) in [4.78, 5) is 8.81. The average Bonchev–Trinajstić information content (AvgIpc) is 2.99. The third-order valence-electron chi connectivity index (χ3n) is 3.21. The van der Waals surface area contributed by atoms with Gasteiger partial charge in [-0.05, 0) is 36.4 Å². The van der Waals surface area contributed by atoms with E-state index in [0.29, 0.717) is 26.8 Å². The van der Waals surface area contributed by atoms with Gasteiger partial charge < -0.3 is 5.32 Å². The average molecular weight is 353 g/mol. The Balaban J connectivity index is 1.74. The second-order valence-electron chi connectivity index (χ2n) is 4.71. The molecule has 2 N–H and O–H groups in total. The van der Waals surface area contributed by atoms with E-state index in [1.54, 1.807) is 22.7 Å². The minimum absolute atomic E-state index is 0.475. The van der Waals surface area contributed by atoms with Crippen molar-refractivity contribution in [3.8, 4) is 0 Å². The SMILES string of the molecule is Clc1ccc2c(c1)nc1nc(Nc3ccc(Cl)c(Cl)c3)[nH]n12. The van der Waals surface area contributed by atoms with Crippen molar-refractivity contribution in [3.63, 3.8) is 0 Å². The maximum Gasteiger partial charge on any atom is 0.253 e. The van der Waals surface area contributed by atoms with E-state index in [0.717, 1.165) is 16.7 Å². The zero-order chi connectivity index (χ0) is 15.3. The third kappa shape index (κ3) is 2.27. The first-order chi connectivity index (χ1) is 10.6. The standard InChI is InChI=1S/C14H8Cl3N5/c15-7-1-4-12-11(5-7)19-14-20-13(21-22(12)14)18-8-2-3-9(16)10(17)6-8/h1-6H,(H2,18,19,20,21). The van der Waals surface area contributed by atoms with Crippen LogP contribution in [0.1, 0.15) is 0 Å². The number of aromatic amines is 1. The maximum atomic E-state index is 6.00. The van der Waals surface area contributed by atoms with Crippen molar-refractivity contribution in [2.75, 3.05) is 5.32 Å². The van der Waals surface area contributed by atoms with Crippen LogP contribution in [-0.2, 0) is 0 Å². The molecule has 0 atom stereocenters. The summed E-state index contributed by atoms with van der Waals surface area (Å²) in [5.74, 6) is 1.11. The van der Waals surface area contributed by atoms with Crippen LogP contribution < -0.4 is 5.32 Å². The molecule has 0 saturated heterocycles. The molecule has 110 valence electrons. The van der Waals surface area contributed by atoms with Crippen molar-refractivity contribution < 1.29 is 0 Å². The first-order valence-electron chi connectivity index (χ1n) is 6.36. The maximum absolute atomic E-state index is 6.00. The lowest BCUT2D eigenvalue weighted by Crippen LogP contribution is -1.93. The molecule has 8 heteroatoms. The summed E-state index contributed by atoms with van der Waals surface area (Å²) in [7, 11) is 0. The highest BCUT2D eigenvalue weighted by atomic mass is 35.5. The van der Waals surface area contributed by atoms with Gasteiger partial charge in [-0.2, -0.15) is 4.98 Å². The Morgan fingerprint density at radius 3 is 2.64 bits per heavy atom. The summed E-state index contributed by atoms with van der Waals surface area (Å²) in [6, 6.07) is 10.8. The normalized spacial score (nSPS) is 11.4. The molecule has 0 radical (unpaired) electrons. The smallest absolute Gasteiger partial charge is 0.253 e. The Hall–Kier alpha value is -1.95. The van der Waals surface area contributed by atoms with Crippen LogP contribution in [0.15, 0.2) is 36.4 Å². The van der Waals surface area contributed by atoms with Crippen molar-refractivity contribution in [1.82, 2.24) is 19.6 Å². The Morgan fingerprint density at radius 2 is 1.82 bits per heavy atom. The lowest BCUT2D eigenvalue weighted by Gasteiger charge is -2.03. The summed E-state index contributed by atoms with van der Waals surface area (Å²) in [5, 5.41) is 7.88. The van der Waals surface area contributed by atoms with Crippen LogP contribution in [0, 0.1) is 0 Å². The molecule has 0 aliphatic carbocycles. The molecule has 0 bridgehead atoms. The van der Waals surface area contributed by atoms with E-state index < -0.39 is 0 Å². The molecule has 5 nitrogen and oxygen atoms in total. The van der Waals surface area contributed by atoms with E-state index in [1.165, 1.54) is 0 Å². The third-order valence-corrected chi connectivity index (χ3v) is 4.18. The summed E-state index contributed by atoms with van der Waals surface area (Å²) in [6.07, 6.45) is 0. The lowest BCUT2D eigenvalue weighted by molar-refractivity contribution is 1.01. The number of nitrogens with one attached hydrogen (secondary N) is 2. The van der Waals surface area contributed by atoms with Gasteiger partial charge in [-0.1, -0.05) is 34.8 Å². The zero-order valence-electron chi connectivity index (χ0n) is 10.9. The number of nitrogens with zero attached hydrogens (tertiary/aromatic N) is 3.